The average molecular weight is 318 g/mol. The fourth-order valence-electron chi connectivity index (χ4n) is 2.75. The van der Waals surface area contributed by atoms with Gasteiger partial charge in [-0.15, -0.1) is 0 Å². The number of rotatable bonds is 4. The number of nitrogens with two attached hydrogens (primary N) is 1. The minimum absolute atomic E-state index is 0.0457. The predicted octanol–water partition coefficient (Wildman–Crippen LogP) is 4.74. The maximum Gasteiger partial charge on any atom is 0.270 e. The van der Waals surface area contributed by atoms with Crippen molar-refractivity contribution in [3.8, 4) is 11.1 Å². The highest BCUT2D eigenvalue weighted by Gasteiger charge is 2.13. The molecule has 3 rings (SSSR count). The Hall–Kier alpha value is -3.14. The third kappa shape index (κ3) is 3.27. The zero-order chi connectivity index (χ0) is 17.1. The number of anilines is 1. The first-order valence-corrected chi connectivity index (χ1v) is 7.72. The highest BCUT2D eigenvalue weighted by atomic mass is 16.6. The van der Waals surface area contributed by atoms with Gasteiger partial charge in [0, 0.05) is 23.4 Å². The molecule has 0 unspecified atom stereocenters. The molecule has 3 aromatic rings. The highest BCUT2D eigenvalue weighted by Crippen LogP contribution is 2.33. The SMILES string of the molecule is Cc1ccc(Cc2ccccc2-c2cc([N+](=O)[O-])ccc2N)cc1. The number of benzene rings is 3. The van der Waals surface area contributed by atoms with Crippen molar-refractivity contribution in [3.63, 3.8) is 0 Å². The van der Waals surface area contributed by atoms with E-state index < -0.39 is 4.92 Å². The molecule has 120 valence electrons. The number of nitrogen functional groups attached to an aromatic ring is 1. The summed E-state index contributed by atoms with van der Waals surface area (Å²) >= 11 is 0. The molecule has 0 radical (unpaired) electrons. The fraction of sp³-hybridized carbons (Fsp3) is 0.100. The van der Waals surface area contributed by atoms with Crippen molar-refractivity contribution < 1.29 is 4.92 Å². The van der Waals surface area contributed by atoms with Gasteiger partial charge in [0.15, 0.2) is 0 Å². The van der Waals surface area contributed by atoms with Crippen LogP contribution < -0.4 is 5.73 Å². The molecule has 0 aromatic heterocycles. The molecule has 0 saturated carbocycles. The Kier molecular flexibility index (Phi) is 4.29. The summed E-state index contributed by atoms with van der Waals surface area (Å²) in [5.74, 6) is 0. The third-order valence-corrected chi connectivity index (χ3v) is 4.07. The second kappa shape index (κ2) is 6.54. The number of nitrogens with zero attached hydrogens (tertiary/aromatic N) is 1. The Balaban J connectivity index is 2.05. The van der Waals surface area contributed by atoms with Gasteiger partial charge >= 0.3 is 0 Å². The fourth-order valence-corrected chi connectivity index (χ4v) is 2.75. The summed E-state index contributed by atoms with van der Waals surface area (Å²) in [6, 6.07) is 20.8. The molecular weight excluding hydrogens is 300 g/mol. The summed E-state index contributed by atoms with van der Waals surface area (Å²) in [5.41, 5.74) is 11.8. The maximum absolute atomic E-state index is 11.1. The Morgan fingerprint density at radius 1 is 0.958 bits per heavy atom. The molecule has 0 bridgehead atoms. The van der Waals surface area contributed by atoms with Gasteiger partial charge in [-0.05, 0) is 36.1 Å². The van der Waals surface area contributed by atoms with Gasteiger partial charge in [-0.25, -0.2) is 0 Å². The van der Waals surface area contributed by atoms with Crippen LogP contribution in [0, 0.1) is 17.0 Å². The number of hydrogen-bond donors (Lipinski definition) is 1. The maximum atomic E-state index is 11.1. The molecule has 0 aliphatic heterocycles. The third-order valence-electron chi connectivity index (χ3n) is 4.07. The summed E-state index contributed by atoms with van der Waals surface area (Å²) < 4.78 is 0. The van der Waals surface area contributed by atoms with Crippen LogP contribution in [-0.2, 0) is 6.42 Å². The number of non-ortho nitro benzene ring substituents is 1. The van der Waals surface area contributed by atoms with E-state index >= 15 is 0 Å². The zero-order valence-corrected chi connectivity index (χ0v) is 13.4. The van der Waals surface area contributed by atoms with E-state index in [-0.39, 0.29) is 5.69 Å². The second-order valence-corrected chi connectivity index (χ2v) is 5.85. The van der Waals surface area contributed by atoms with Gasteiger partial charge in [0.25, 0.3) is 5.69 Å². The molecule has 2 N–H and O–H groups in total. The van der Waals surface area contributed by atoms with Crippen LogP contribution in [0.3, 0.4) is 0 Å². The molecule has 4 heteroatoms. The van der Waals surface area contributed by atoms with Crippen LogP contribution in [0.15, 0.2) is 66.7 Å². The van der Waals surface area contributed by atoms with Gasteiger partial charge in [0.05, 0.1) is 4.92 Å². The summed E-state index contributed by atoms with van der Waals surface area (Å²) in [7, 11) is 0. The Morgan fingerprint density at radius 2 is 1.67 bits per heavy atom. The lowest BCUT2D eigenvalue weighted by atomic mass is 9.93. The number of nitro benzene ring substituents is 1. The van der Waals surface area contributed by atoms with Crippen molar-refractivity contribution in [1.82, 2.24) is 0 Å². The Labute approximate surface area is 140 Å². The van der Waals surface area contributed by atoms with Crippen LogP contribution in [0.25, 0.3) is 11.1 Å². The molecule has 0 heterocycles. The summed E-state index contributed by atoms with van der Waals surface area (Å²) in [6.45, 7) is 2.06. The lowest BCUT2D eigenvalue weighted by Gasteiger charge is -2.12. The van der Waals surface area contributed by atoms with Gasteiger partial charge in [-0.1, -0.05) is 54.1 Å². The lowest BCUT2D eigenvalue weighted by molar-refractivity contribution is -0.384. The van der Waals surface area contributed by atoms with Gasteiger partial charge < -0.3 is 5.73 Å². The monoisotopic (exact) mass is 318 g/mol. The van der Waals surface area contributed by atoms with Crippen LogP contribution in [0.5, 0.6) is 0 Å². The Morgan fingerprint density at radius 3 is 2.38 bits per heavy atom. The normalized spacial score (nSPS) is 10.5. The minimum Gasteiger partial charge on any atom is -0.398 e. The van der Waals surface area contributed by atoms with Crippen molar-refractivity contribution in [2.45, 2.75) is 13.3 Å². The van der Waals surface area contributed by atoms with E-state index in [1.807, 2.05) is 24.3 Å². The van der Waals surface area contributed by atoms with Crippen LogP contribution >= 0.6 is 0 Å². The number of hydrogen-bond acceptors (Lipinski definition) is 3. The van der Waals surface area contributed by atoms with E-state index in [9.17, 15) is 10.1 Å². The molecule has 0 atom stereocenters. The summed E-state index contributed by atoms with van der Waals surface area (Å²) in [5, 5.41) is 11.1. The molecule has 0 aliphatic rings. The van der Waals surface area contributed by atoms with Crippen LogP contribution in [0.2, 0.25) is 0 Å². The van der Waals surface area contributed by atoms with Crippen LogP contribution in [0.4, 0.5) is 11.4 Å². The van der Waals surface area contributed by atoms with E-state index in [4.69, 9.17) is 5.73 Å². The van der Waals surface area contributed by atoms with E-state index in [1.165, 1.54) is 17.2 Å². The largest absolute Gasteiger partial charge is 0.398 e. The van der Waals surface area contributed by atoms with Crippen molar-refractivity contribution in [2.75, 3.05) is 5.73 Å². The molecule has 24 heavy (non-hydrogen) atoms. The zero-order valence-electron chi connectivity index (χ0n) is 13.4. The minimum atomic E-state index is -0.397. The van der Waals surface area contributed by atoms with E-state index in [1.54, 1.807) is 12.1 Å². The van der Waals surface area contributed by atoms with Crippen LogP contribution in [0.1, 0.15) is 16.7 Å². The predicted molar refractivity (Wildman–Crippen MR) is 96.9 cm³/mol. The van der Waals surface area contributed by atoms with Crippen molar-refractivity contribution >= 4 is 11.4 Å². The molecule has 0 aliphatic carbocycles. The van der Waals surface area contributed by atoms with Crippen molar-refractivity contribution in [1.29, 1.82) is 0 Å². The molecular formula is C20H18N2O2. The number of nitro groups is 1. The van der Waals surface area contributed by atoms with E-state index in [0.29, 0.717) is 11.3 Å². The van der Waals surface area contributed by atoms with Gasteiger partial charge in [0.2, 0.25) is 0 Å². The topological polar surface area (TPSA) is 69.2 Å². The van der Waals surface area contributed by atoms with Crippen molar-refractivity contribution in [2.24, 2.45) is 0 Å². The van der Waals surface area contributed by atoms with Crippen molar-refractivity contribution in [3.05, 3.63) is 93.5 Å². The lowest BCUT2D eigenvalue weighted by Crippen LogP contribution is -1.97. The number of aryl methyl sites for hydroxylation is 1. The molecule has 0 saturated heterocycles. The second-order valence-electron chi connectivity index (χ2n) is 5.85. The quantitative estimate of drug-likeness (QED) is 0.429. The summed E-state index contributed by atoms with van der Waals surface area (Å²) in [4.78, 5) is 10.7. The first-order valence-electron chi connectivity index (χ1n) is 7.72. The first-order chi connectivity index (χ1) is 11.5. The van der Waals surface area contributed by atoms with E-state index in [2.05, 4.69) is 31.2 Å². The highest BCUT2D eigenvalue weighted by molar-refractivity contribution is 5.80. The molecule has 0 spiro atoms. The van der Waals surface area contributed by atoms with Gasteiger partial charge in [-0.2, -0.15) is 0 Å². The van der Waals surface area contributed by atoms with Gasteiger partial charge in [0.1, 0.15) is 0 Å². The molecule has 0 amide bonds. The Bertz CT molecular complexity index is 886. The molecule has 3 aromatic carbocycles. The smallest absolute Gasteiger partial charge is 0.270 e. The van der Waals surface area contributed by atoms with Gasteiger partial charge in [-0.3, -0.25) is 10.1 Å². The molecule has 0 fully saturated rings. The van der Waals surface area contributed by atoms with E-state index in [0.717, 1.165) is 17.5 Å². The summed E-state index contributed by atoms with van der Waals surface area (Å²) in [6.07, 6.45) is 0.749. The average Bonchev–Trinajstić information content (AvgIpc) is 2.58. The first kappa shape index (κ1) is 15.7. The standard InChI is InChI=1S/C20H18N2O2/c1-14-6-8-15(9-7-14)12-16-4-2-3-5-18(16)19-13-17(22(23)24)10-11-20(19)21/h2-11,13H,12,21H2,1H3. The van der Waals surface area contributed by atoms with Crippen LogP contribution in [-0.4, -0.2) is 4.92 Å². The molecule has 4 nitrogen and oxygen atoms in total.